The first kappa shape index (κ1) is 17.8. The summed E-state index contributed by atoms with van der Waals surface area (Å²) in [7, 11) is 0. The van der Waals surface area contributed by atoms with Gasteiger partial charge in [0, 0.05) is 13.1 Å². The SMILES string of the molecule is CCN1C(=O)C(=Cc2cc3c(cc2[N+](=O)[O-])OCO3)C(=O)N(CC)C1=S. The van der Waals surface area contributed by atoms with Crippen LogP contribution in [0, 0.1) is 10.1 Å². The summed E-state index contributed by atoms with van der Waals surface area (Å²) in [4.78, 5) is 38.7. The van der Waals surface area contributed by atoms with E-state index in [1.54, 1.807) is 13.8 Å². The minimum Gasteiger partial charge on any atom is -0.454 e. The highest BCUT2D eigenvalue weighted by Gasteiger charge is 2.38. The Morgan fingerprint density at radius 3 is 2.19 bits per heavy atom. The molecule has 0 N–H and O–H groups in total. The molecule has 0 aromatic heterocycles. The zero-order chi connectivity index (χ0) is 19.0. The zero-order valence-corrected chi connectivity index (χ0v) is 14.9. The van der Waals surface area contributed by atoms with Crippen molar-refractivity contribution in [3.63, 3.8) is 0 Å². The van der Waals surface area contributed by atoms with Gasteiger partial charge in [-0.15, -0.1) is 0 Å². The second-order valence-corrected chi connectivity index (χ2v) is 5.83. The number of hydrogen-bond acceptors (Lipinski definition) is 7. The lowest BCUT2D eigenvalue weighted by Gasteiger charge is -2.35. The highest BCUT2D eigenvalue weighted by atomic mass is 32.1. The maximum absolute atomic E-state index is 12.7. The van der Waals surface area contributed by atoms with Crippen molar-refractivity contribution in [2.75, 3.05) is 19.9 Å². The molecule has 1 aromatic rings. The van der Waals surface area contributed by atoms with Gasteiger partial charge >= 0.3 is 0 Å². The van der Waals surface area contributed by atoms with Crippen LogP contribution in [-0.2, 0) is 9.59 Å². The zero-order valence-electron chi connectivity index (χ0n) is 14.1. The van der Waals surface area contributed by atoms with Crippen LogP contribution in [0.25, 0.3) is 6.08 Å². The number of nitrogens with zero attached hydrogens (tertiary/aromatic N) is 3. The average Bonchev–Trinajstić information content (AvgIpc) is 3.06. The van der Waals surface area contributed by atoms with E-state index in [1.165, 1.54) is 28.0 Å². The van der Waals surface area contributed by atoms with Gasteiger partial charge in [0.05, 0.1) is 16.6 Å². The smallest absolute Gasteiger partial charge is 0.280 e. The first-order chi connectivity index (χ1) is 12.4. The number of ether oxygens (including phenoxy) is 2. The van der Waals surface area contributed by atoms with Crippen LogP contribution in [0.3, 0.4) is 0 Å². The van der Waals surface area contributed by atoms with Crippen molar-refractivity contribution in [3.8, 4) is 11.5 Å². The van der Waals surface area contributed by atoms with Crippen LogP contribution in [0.2, 0.25) is 0 Å². The molecule has 0 unspecified atom stereocenters. The largest absolute Gasteiger partial charge is 0.454 e. The van der Waals surface area contributed by atoms with Crippen LogP contribution in [0.1, 0.15) is 19.4 Å². The lowest BCUT2D eigenvalue weighted by molar-refractivity contribution is -0.385. The molecule has 3 rings (SSSR count). The first-order valence-corrected chi connectivity index (χ1v) is 8.27. The molecule has 10 heteroatoms. The number of nitro benzene ring substituents is 1. The van der Waals surface area contributed by atoms with Crippen LogP contribution in [-0.4, -0.2) is 51.5 Å². The molecule has 1 saturated heterocycles. The van der Waals surface area contributed by atoms with Crippen molar-refractivity contribution in [2.45, 2.75) is 13.8 Å². The number of hydrogen-bond donors (Lipinski definition) is 0. The predicted octanol–water partition coefficient (Wildman–Crippen LogP) is 1.70. The van der Waals surface area contributed by atoms with Crippen LogP contribution in [0.15, 0.2) is 17.7 Å². The van der Waals surface area contributed by atoms with Gasteiger partial charge in [-0.2, -0.15) is 0 Å². The van der Waals surface area contributed by atoms with Crippen molar-refractivity contribution in [3.05, 3.63) is 33.4 Å². The number of carbonyl (C=O) groups is 2. The van der Waals surface area contributed by atoms with Crippen molar-refractivity contribution in [1.82, 2.24) is 9.80 Å². The maximum Gasteiger partial charge on any atom is 0.280 e. The Hall–Kier alpha value is -3.01. The molecule has 2 aliphatic heterocycles. The summed E-state index contributed by atoms with van der Waals surface area (Å²) in [6, 6.07) is 2.60. The molecule has 9 nitrogen and oxygen atoms in total. The number of amides is 2. The Labute approximate surface area is 153 Å². The van der Waals surface area contributed by atoms with Gasteiger partial charge < -0.3 is 9.47 Å². The van der Waals surface area contributed by atoms with E-state index in [2.05, 4.69) is 0 Å². The molecule has 1 aromatic carbocycles. The van der Waals surface area contributed by atoms with Crippen LogP contribution in [0.5, 0.6) is 11.5 Å². The van der Waals surface area contributed by atoms with Crippen LogP contribution in [0.4, 0.5) is 5.69 Å². The fraction of sp³-hybridized carbons (Fsp3) is 0.312. The summed E-state index contributed by atoms with van der Waals surface area (Å²) in [6.45, 7) is 3.97. The quantitative estimate of drug-likeness (QED) is 0.259. The normalized spacial score (nSPS) is 16.4. The summed E-state index contributed by atoms with van der Waals surface area (Å²) in [5.41, 5.74) is -0.401. The molecule has 0 aliphatic carbocycles. The molecular weight excluding hydrogens is 362 g/mol. The molecule has 2 heterocycles. The number of rotatable bonds is 4. The monoisotopic (exact) mass is 377 g/mol. The molecule has 1 fully saturated rings. The van der Waals surface area contributed by atoms with E-state index in [1.807, 2.05) is 0 Å². The van der Waals surface area contributed by atoms with E-state index in [0.717, 1.165) is 0 Å². The summed E-state index contributed by atoms with van der Waals surface area (Å²) in [5.74, 6) is -0.613. The van der Waals surface area contributed by atoms with E-state index < -0.39 is 16.7 Å². The molecular formula is C16H15N3O6S. The molecule has 0 atom stereocenters. The van der Waals surface area contributed by atoms with Crippen LogP contribution >= 0.6 is 12.2 Å². The van der Waals surface area contributed by atoms with Gasteiger partial charge in [-0.3, -0.25) is 29.5 Å². The fourth-order valence-corrected chi connectivity index (χ4v) is 3.18. The van der Waals surface area contributed by atoms with Gasteiger partial charge in [-0.25, -0.2) is 0 Å². The number of benzene rings is 1. The Bertz CT molecular complexity index is 838. The molecule has 0 radical (unpaired) electrons. The molecule has 136 valence electrons. The molecule has 2 amide bonds. The second kappa shape index (κ2) is 6.71. The topological polar surface area (TPSA) is 102 Å². The Morgan fingerprint density at radius 2 is 1.69 bits per heavy atom. The standard InChI is InChI=1S/C16H15N3O6S/c1-3-17-14(20)10(15(21)18(4-2)16(17)26)5-9-6-12-13(25-8-24-12)7-11(9)19(22)23/h5-7H,3-4,8H2,1-2H3. The minimum absolute atomic E-state index is 0.0497. The highest BCUT2D eigenvalue weighted by molar-refractivity contribution is 7.80. The number of carbonyl (C=O) groups excluding carboxylic acids is 2. The second-order valence-electron chi connectivity index (χ2n) is 5.46. The Kier molecular flexibility index (Phi) is 4.60. The van der Waals surface area contributed by atoms with Gasteiger partial charge in [0.15, 0.2) is 16.6 Å². The van der Waals surface area contributed by atoms with E-state index in [4.69, 9.17) is 21.7 Å². The average molecular weight is 377 g/mol. The minimum atomic E-state index is -0.605. The first-order valence-electron chi connectivity index (χ1n) is 7.86. The molecule has 2 aliphatic rings. The molecule has 0 bridgehead atoms. The van der Waals surface area contributed by atoms with Crippen molar-refractivity contribution in [1.29, 1.82) is 0 Å². The van der Waals surface area contributed by atoms with E-state index in [0.29, 0.717) is 5.75 Å². The van der Waals surface area contributed by atoms with Gasteiger partial charge in [0.1, 0.15) is 5.57 Å². The predicted molar refractivity (Wildman–Crippen MR) is 94.6 cm³/mol. The van der Waals surface area contributed by atoms with E-state index in [9.17, 15) is 19.7 Å². The van der Waals surface area contributed by atoms with Gasteiger partial charge in [-0.1, -0.05) is 0 Å². The number of thiocarbonyl (C=S) groups is 1. The van der Waals surface area contributed by atoms with Crippen molar-refractivity contribution >= 4 is 40.9 Å². The highest BCUT2D eigenvalue weighted by Crippen LogP contribution is 2.39. The van der Waals surface area contributed by atoms with E-state index in [-0.39, 0.29) is 47.6 Å². The van der Waals surface area contributed by atoms with Crippen LogP contribution < -0.4 is 9.47 Å². The summed E-state index contributed by atoms with van der Waals surface area (Å²) >= 11 is 5.19. The number of likely N-dealkylation sites (N-methyl/N-ethyl adjacent to an activating group) is 2. The molecule has 0 spiro atoms. The van der Waals surface area contributed by atoms with E-state index >= 15 is 0 Å². The third-order valence-electron chi connectivity index (χ3n) is 4.06. The molecule has 0 saturated carbocycles. The lowest BCUT2D eigenvalue weighted by atomic mass is 10.0. The van der Waals surface area contributed by atoms with Gasteiger partial charge in [-0.05, 0) is 38.2 Å². The summed E-state index contributed by atoms with van der Waals surface area (Å²) < 4.78 is 10.4. The van der Waals surface area contributed by atoms with Crippen molar-refractivity contribution in [2.24, 2.45) is 0 Å². The number of fused-ring (bicyclic) bond motifs is 1. The summed E-state index contributed by atoms with van der Waals surface area (Å²) in [5, 5.41) is 11.5. The third kappa shape index (κ3) is 2.77. The lowest BCUT2D eigenvalue weighted by Crippen LogP contribution is -2.55. The Morgan fingerprint density at radius 1 is 1.15 bits per heavy atom. The third-order valence-corrected chi connectivity index (χ3v) is 4.50. The molecule has 26 heavy (non-hydrogen) atoms. The Balaban J connectivity index is 2.13. The maximum atomic E-state index is 12.7. The fourth-order valence-electron chi connectivity index (χ4n) is 2.76. The number of nitro groups is 1. The van der Waals surface area contributed by atoms with Crippen molar-refractivity contribution < 1.29 is 24.0 Å². The van der Waals surface area contributed by atoms with Gasteiger partial charge in [0.25, 0.3) is 17.5 Å². The summed E-state index contributed by atoms with van der Waals surface area (Å²) in [6.07, 6.45) is 1.21. The van der Waals surface area contributed by atoms with Gasteiger partial charge in [0.2, 0.25) is 6.79 Å².